The highest BCUT2D eigenvalue weighted by atomic mass is 35.5. The van der Waals surface area contributed by atoms with Gasteiger partial charge < -0.3 is 9.64 Å². The second-order valence-electron chi connectivity index (χ2n) is 5.74. The van der Waals surface area contributed by atoms with Crippen LogP contribution in [0.5, 0.6) is 0 Å². The Morgan fingerprint density at radius 1 is 1.26 bits per heavy atom. The number of carbonyl (C=O) groups is 1. The fourth-order valence-electron chi connectivity index (χ4n) is 2.41. The van der Waals surface area contributed by atoms with Gasteiger partial charge in [-0.15, -0.1) is 12.4 Å². The molecule has 1 heterocycles. The highest BCUT2D eigenvalue weighted by Crippen LogP contribution is 2.17. The molecule has 1 unspecified atom stereocenters. The summed E-state index contributed by atoms with van der Waals surface area (Å²) < 4.78 is 30.6. The topological polar surface area (TPSA) is 66.9 Å². The normalized spacial score (nSPS) is 19.2. The van der Waals surface area contributed by atoms with E-state index < -0.39 is 16.0 Å². The zero-order valence-corrected chi connectivity index (χ0v) is 15.2. The van der Waals surface area contributed by atoms with Gasteiger partial charge in [-0.05, 0) is 50.7 Å². The lowest BCUT2D eigenvalue weighted by Crippen LogP contribution is -2.38. The van der Waals surface area contributed by atoms with Crippen LogP contribution in [0.25, 0.3) is 0 Å². The lowest BCUT2D eigenvalue weighted by Gasteiger charge is -2.29. The zero-order valence-electron chi connectivity index (χ0n) is 13.6. The van der Waals surface area contributed by atoms with Gasteiger partial charge >= 0.3 is 5.97 Å². The van der Waals surface area contributed by atoms with Crippen LogP contribution in [0.3, 0.4) is 0 Å². The van der Waals surface area contributed by atoms with Crippen molar-refractivity contribution in [2.45, 2.75) is 23.8 Å². The van der Waals surface area contributed by atoms with Crippen LogP contribution in [0.15, 0.2) is 29.2 Å². The Morgan fingerprint density at radius 2 is 1.87 bits per heavy atom. The first-order valence-corrected chi connectivity index (χ1v) is 8.67. The number of carbonyl (C=O) groups excluding carboxylic acids is 1. The maximum absolute atomic E-state index is 12.1. The lowest BCUT2D eigenvalue weighted by atomic mass is 10.1. The molecule has 0 N–H and O–H groups in total. The molecular weight excluding hydrogens is 340 g/mol. The van der Waals surface area contributed by atoms with Gasteiger partial charge in [0.25, 0.3) is 0 Å². The summed E-state index contributed by atoms with van der Waals surface area (Å²) in [6.07, 6.45) is 1.77. The minimum atomic E-state index is -3.48. The van der Waals surface area contributed by atoms with Gasteiger partial charge in [0.05, 0.1) is 10.5 Å². The molecule has 23 heavy (non-hydrogen) atoms. The van der Waals surface area contributed by atoms with Crippen LogP contribution in [0.2, 0.25) is 0 Å². The van der Waals surface area contributed by atoms with Crippen molar-refractivity contribution in [3.8, 4) is 0 Å². The fraction of sp³-hybridized carbons (Fsp3) is 0.533. The summed E-state index contributed by atoms with van der Waals surface area (Å²) >= 11 is 0. The van der Waals surface area contributed by atoms with E-state index in [1.54, 1.807) is 0 Å². The molecule has 0 bridgehead atoms. The summed E-state index contributed by atoms with van der Waals surface area (Å²) in [6, 6.07) is 5.84. The van der Waals surface area contributed by atoms with Crippen LogP contribution in [0.4, 0.5) is 0 Å². The molecule has 1 saturated heterocycles. The van der Waals surface area contributed by atoms with E-state index in [0.29, 0.717) is 5.56 Å². The van der Waals surface area contributed by atoms with E-state index in [9.17, 15) is 13.2 Å². The van der Waals surface area contributed by atoms with E-state index in [0.717, 1.165) is 30.2 Å². The largest absolute Gasteiger partial charge is 0.457 e. The monoisotopic (exact) mass is 362 g/mol. The third-order valence-corrected chi connectivity index (χ3v) is 5.55. The molecule has 130 valence electrons. The first-order chi connectivity index (χ1) is 10.3. The molecule has 1 aliphatic heterocycles. The highest BCUT2D eigenvalue weighted by Gasteiger charge is 2.22. The van der Waals surface area contributed by atoms with E-state index in [1.807, 2.05) is 7.05 Å². The van der Waals surface area contributed by atoms with Crippen LogP contribution in [-0.4, -0.2) is 63.9 Å². The molecule has 1 aliphatic rings. The highest BCUT2D eigenvalue weighted by molar-refractivity contribution is 7.89. The van der Waals surface area contributed by atoms with Crippen molar-refractivity contribution in [2.75, 3.05) is 34.2 Å². The van der Waals surface area contributed by atoms with Crippen molar-refractivity contribution in [1.82, 2.24) is 9.21 Å². The molecule has 0 aromatic heterocycles. The Morgan fingerprint density at radius 3 is 2.39 bits per heavy atom. The number of hydrogen-bond acceptors (Lipinski definition) is 5. The summed E-state index contributed by atoms with van der Waals surface area (Å²) in [6.45, 7) is 1.75. The van der Waals surface area contributed by atoms with Crippen LogP contribution in [0, 0.1) is 0 Å². The van der Waals surface area contributed by atoms with Gasteiger partial charge in [0, 0.05) is 20.6 Å². The Bertz CT molecular complexity index is 631. The second-order valence-corrected chi connectivity index (χ2v) is 7.90. The maximum atomic E-state index is 12.1. The zero-order chi connectivity index (χ0) is 16.3. The maximum Gasteiger partial charge on any atom is 0.338 e. The van der Waals surface area contributed by atoms with Crippen molar-refractivity contribution in [3.63, 3.8) is 0 Å². The first-order valence-electron chi connectivity index (χ1n) is 7.23. The Balaban J connectivity index is 0.00000264. The molecule has 0 amide bonds. The number of sulfonamides is 1. The fourth-order valence-corrected chi connectivity index (χ4v) is 3.31. The third-order valence-electron chi connectivity index (χ3n) is 3.72. The summed E-state index contributed by atoms with van der Waals surface area (Å²) in [5.74, 6) is -0.408. The van der Waals surface area contributed by atoms with Gasteiger partial charge in [-0.1, -0.05) is 0 Å². The Hall–Kier alpha value is -1.15. The van der Waals surface area contributed by atoms with Crippen molar-refractivity contribution < 1.29 is 17.9 Å². The molecule has 1 atom stereocenters. The van der Waals surface area contributed by atoms with Gasteiger partial charge in [-0.3, -0.25) is 0 Å². The predicted molar refractivity (Wildman–Crippen MR) is 90.5 cm³/mol. The minimum Gasteiger partial charge on any atom is -0.457 e. The molecule has 0 radical (unpaired) electrons. The van der Waals surface area contributed by atoms with Gasteiger partial charge in [-0.2, -0.15) is 0 Å². The summed E-state index contributed by atoms with van der Waals surface area (Å²) in [7, 11) is 1.46. The number of hydrogen-bond donors (Lipinski definition) is 0. The van der Waals surface area contributed by atoms with Crippen molar-refractivity contribution >= 4 is 28.4 Å². The second kappa shape index (κ2) is 8.10. The number of halogens is 1. The van der Waals surface area contributed by atoms with Gasteiger partial charge in [-0.25, -0.2) is 17.5 Å². The van der Waals surface area contributed by atoms with E-state index in [1.165, 1.54) is 38.4 Å². The third kappa shape index (κ3) is 4.91. The smallest absolute Gasteiger partial charge is 0.338 e. The average Bonchev–Trinajstić information content (AvgIpc) is 2.47. The number of ether oxygens (including phenoxy) is 1. The van der Waals surface area contributed by atoms with Crippen molar-refractivity contribution in [2.24, 2.45) is 0 Å². The Labute approximate surface area is 143 Å². The minimum absolute atomic E-state index is 0. The molecular formula is C15H23ClN2O4S. The standard InChI is InChI=1S/C15H22N2O4S.ClH/c1-16(2)22(19,20)14-8-6-12(7-9-14)15(18)21-13-5-4-10-17(3)11-13;/h6-9,13H,4-5,10-11H2,1-3H3;1H. The Kier molecular flexibility index (Phi) is 7.01. The number of likely N-dealkylation sites (tertiary alicyclic amines) is 1. The SMILES string of the molecule is CN1CCCC(OC(=O)c2ccc(S(=O)(=O)N(C)C)cc2)C1.Cl. The number of rotatable bonds is 4. The average molecular weight is 363 g/mol. The van der Waals surface area contributed by atoms with Crippen LogP contribution in [-0.2, 0) is 14.8 Å². The molecule has 1 fully saturated rings. The summed E-state index contributed by atoms with van der Waals surface area (Å²) in [5, 5.41) is 0. The van der Waals surface area contributed by atoms with Gasteiger partial charge in [0.1, 0.15) is 6.10 Å². The van der Waals surface area contributed by atoms with Crippen LogP contribution in [0.1, 0.15) is 23.2 Å². The first kappa shape index (κ1) is 19.9. The van der Waals surface area contributed by atoms with Crippen LogP contribution < -0.4 is 0 Å². The molecule has 6 nitrogen and oxygen atoms in total. The molecule has 8 heteroatoms. The quantitative estimate of drug-likeness (QED) is 0.761. The number of benzene rings is 1. The van der Waals surface area contributed by atoms with Crippen molar-refractivity contribution in [1.29, 1.82) is 0 Å². The number of esters is 1. The number of piperidine rings is 1. The summed E-state index contributed by atoms with van der Waals surface area (Å²) in [4.78, 5) is 14.4. The van der Waals surface area contributed by atoms with Crippen LogP contribution >= 0.6 is 12.4 Å². The number of likely N-dealkylation sites (N-methyl/N-ethyl adjacent to an activating group) is 1. The molecule has 1 aromatic rings. The molecule has 2 rings (SSSR count). The molecule has 0 spiro atoms. The van der Waals surface area contributed by atoms with E-state index in [2.05, 4.69) is 4.90 Å². The molecule has 0 aliphatic carbocycles. The van der Waals surface area contributed by atoms with Gasteiger partial charge in [0.15, 0.2) is 0 Å². The number of nitrogens with zero attached hydrogens (tertiary/aromatic N) is 2. The van der Waals surface area contributed by atoms with E-state index in [4.69, 9.17) is 4.74 Å². The molecule has 1 aromatic carbocycles. The molecule has 0 saturated carbocycles. The van der Waals surface area contributed by atoms with Crippen molar-refractivity contribution in [3.05, 3.63) is 29.8 Å². The summed E-state index contributed by atoms with van der Waals surface area (Å²) in [5.41, 5.74) is 0.367. The van der Waals surface area contributed by atoms with E-state index >= 15 is 0 Å². The van der Waals surface area contributed by atoms with Gasteiger partial charge in [0.2, 0.25) is 10.0 Å². The van der Waals surface area contributed by atoms with E-state index in [-0.39, 0.29) is 23.4 Å². The predicted octanol–water partition coefficient (Wildman–Crippen LogP) is 1.61. The lowest BCUT2D eigenvalue weighted by molar-refractivity contribution is 0.0108.